The van der Waals surface area contributed by atoms with Gasteiger partial charge in [-0.1, -0.05) is 11.6 Å². The molecular formula is C12H12ClFN4O2. The van der Waals surface area contributed by atoms with Crippen LogP contribution in [0.3, 0.4) is 0 Å². The number of tetrazole rings is 1. The molecule has 0 saturated heterocycles. The number of benzene rings is 1. The second-order valence-corrected chi connectivity index (χ2v) is 4.88. The summed E-state index contributed by atoms with van der Waals surface area (Å²) in [6.07, 6.45) is 0. The second kappa shape index (κ2) is 5.54. The lowest BCUT2D eigenvalue weighted by Crippen LogP contribution is -2.23. The molecule has 0 bridgehead atoms. The van der Waals surface area contributed by atoms with Crippen LogP contribution in [0.25, 0.3) is 11.4 Å². The van der Waals surface area contributed by atoms with E-state index in [0.717, 1.165) is 0 Å². The van der Waals surface area contributed by atoms with Crippen LogP contribution in [0.2, 0.25) is 5.02 Å². The van der Waals surface area contributed by atoms with Gasteiger partial charge in [-0.2, -0.15) is 0 Å². The molecule has 2 atom stereocenters. The average molecular weight is 299 g/mol. The number of halogens is 2. The van der Waals surface area contributed by atoms with Crippen molar-refractivity contribution in [3.63, 3.8) is 0 Å². The van der Waals surface area contributed by atoms with E-state index in [4.69, 9.17) is 16.7 Å². The van der Waals surface area contributed by atoms with Gasteiger partial charge < -0.3 is 5.11 Å². The van der Waals surface area contributed by atoms with Gasteiger partial charge in [0.25, 0.3) is 0 Å². The summed E-state index contributed by atoms with van der Waals surface area (Å²) in [6, 6.07) is 3.49. The van der Waals surface area contributed by atoms with E-state index in [2.05, 4.69) is 15.5 Å². The Morgan fingerprint density at radius 1 is 1.45 bits per heavy atom. The Morgan fingerprint density at radius 2 is 2.15 bits per heavy atom. The predicted molar refractivity (Wildman–Crippen MR) is 69.7 cm³/mol. The first-order chi connectivity index (χ1) is 9.41. The van der Waals surface area contributed by atoms with Crippen molar-refractivity contribution >= 4 is 17.6 Å². The molecule has 1 aromatic heterocycles. The quantitative estimate of drug-likeness (QED) is 0.937. The smallest absolute Gasteiger partial charge is 0.308 e. The average Bonchev–Trinajstić information content (AvgIpc) is 2.88. The fourth-order valence-electron chi connectivity index (χ4n) is 1.73. The molecule has 20 heavy (non-hydrogen) atoms. The maximum absolute atomic E-state index is 13.9. The fraction of sp³-hybridized carbons (Fsp3) is 0.333. The Balaban J connectivity index is 2.48. The zero-order valence-corrected chi connectivity index (χ0v) is 11.5. The maximum Gasteiger partial charge on any atom is 0.308 e. The molecule has 1 aromatic carbocycles. The number of carbonyl (C=O) groups is 1. The van der Waals surface area contributed by atoms with Gasteiger partial charge in [-0.25, -0.2) is 9.07 Å². The van der Waals surface area contributed by atoms with Gasteiger partial charge in [-0.05, 0) is 42.5 Å². The van der Waals surface area contributed by atoms with Crippen molar-refractivity contribution < 1.29 is 14.3 Å². The first-order valence-electron chi connectivity index (χ1n) is 5.88. The summed E-state index contributed by atoms with van der Waals surface area (Å²) in [4.78, 5) is 11.0. The van der Waals surface area contributed by atoms with E-state index in [1.54, 1.807) is 6.92 Å². The number of aromatic nitrogens is 4. The Hall–Kier alpha value is -2.02. The van der Waals surface area contributed by atoms with Gasteiger partial charge in [0, 0.05) is 5.02 Å². The van der Waals surface area contributed by atoms with E-state index < -0.39 is 23.7 Å². The minimum atomic E-state index is -0.981. The molecule has 6 nitrogen and oxygen atoms in total. The third kappa shape index (κ3) is 2.62. The van der Waals surface area contributed by atoms with Gasteiger partial charge >= 0.3 is 5.97 Å². The molecule has 0 aliphatic carbocycles. The van der Waals surface area contributed by atoms with Gasteiger partial charge in [0.2, 0.25) is 0 Å². The van der Waals surface area contributed by atoms with Gasteiger partial charge in [0.15, 0.2) is 5.82 Å². The van der Waals surface area contributed by atoms with Crippen molar-refractivity contribution in [1.29, 1.82) is 0 Å². The lowest BCUT2D eigenvalue weighted by molar-refractivity contribution is -0.142. The Labute approximate surface area is 119 Å². The number of nitrogens with zero attached hydrogens (tertiary/aromatic N) is 4. The summed E-state index contributed by atoms with van der Waals surface area (Å²) in [6.45, 7) is 3.19. The molecule has 0 radical (unpaired) electrons. The van der Waals surface area contributed by atoms with Gasteiger partial charge in [0.1, 0.15) is 5.82 Å². The van der Waals surface area contributed by atoms with Crippen molar-refractivity contribution in [2.45, 2.75) is 19.9 Å². The Morgan fingerprint density at radius 3 is 2.80 bits per heavy atom. The van der Waals surface area contributed by atoms with E-state index in [1.807, 2.05) is 0 Å². The largest absolute Gasteiger partial charge is 0.481 e. The number of hydrogen-bond donors (Lipinski definition) is 1. The van der Waals surface area contributed by atoms with Crippen LogP contribution < -0.4 is 0 Å². The predicted octanol–water partition coefficient (Wildman–Crippen LogP) is 2.41. The van der Waals surface area contributed by atoms with Crippen LogP contribution in [-0.4, -0.2) is 31.3 Å². The number of carboxylic acid groups (broad SMARTS) is 1. The molecule has 1 heterocycles. The zero-order chi connectivity index (χ0) is 14.9. The summed E-state index contributed by atoms with van der Waals surface area (Å²) in [7, 11) is 0. The molecule has 0 aliphatic rings. The molecule has 0 fully saturated rings. The molecule has 0 spiro atoms. The van der Waals surface area contributed by atoms with Crippen molar-refractivity contribution in [2.24, 2.45) is 5.92 Å². The molecule has 2 rings (SSSR count). The minimum Gasteiger partial charge on any atom is -0.481 e. The number of carboxylic acids is 1. The highest BCUT2D eigenvalue weighted by atomic mass is 35.5. The van der Waals surface area contributed by atoms with Gasteiger partial charge in [-0.3, -0.25) is 4.79 Å². The first kappa shape index (κ1) is 14.4. The zero-order valence-electron chi connectivity index (χ0n) is 10.8. The molecular weight excluding hydrogens is 287 g/mol. The van der Waals surface area contributed by atoms with Crippen LogP contribution in [0, 0.1) is 11.7 Å². The lowest BCUT2D eigenvalue weighted by atomic mass is 10.0. The molecule has 0 aliphatic heterocycles. The monoisotopic (exact) mass is 298 g/mol. The third-order valence-electron chi connectivity index (χ3n) is 3.16. The van der Waals surface area contributed by atoms with E-state index in [1.165, 1.54) is 29.8 Å². The summed E-state index contributed by atoms with van der Waals surface area (Å²) < 4.78 is 15.1. The standard InChI is InChI=1S/C12H12ClFN4O2/c1-6(12(19)20)7(2)18-11(15-16-17-18)9-5-8(13)3-4-10(9)14/h3-7H,1-2H3,(H,19,20). The SMILES string of the molecule is CC(C(=O)O)C(C)n1nnnc1-c1cc(Cl)ccc1F. The molecule has 1 N–H and O–H groups in total. The topological polar surface area (TPSA) is 80.9 Å². The van der Waals surface area contributed by atoms with Crippen molar-refractivity contribution in [3.05, 3.63) is 29.0 Å². The maximum atomic E-state index is 13.9. The van der Waals surface area contributed by atoms with Crippen molar-refractivity contribution in [1.82, 2.24) is 20.2 Å². The Bertz CT molecular complexity index is 646. The van der Waals surface area contributed by atoms with Crippen LogP contribution >= 0.6 is 11.6 Å². The Kier molecular flexibility index (Phi) is 3.99. The van der Waals surface area contributed by atoms with Crippen LogP contribution in [0.1, 0.15) is 19.9 Å². The van der Waals surface area contributed by atoms with E-state index in [9.17, 15) is 9.18 Å². The minimum absolute atomic E-state index is 0.131. The number of hydrogen-bond acceptors (Lipinski definition) is 4. The molecule has 0 amide bonds. The summed E-state index contributed by atoms with van der Waals surface area (Å²) in [5, 5.41) is 20.4. The second-order valence-electron chi connectivity index (χ2n) is 4.44. The first-order valence-corrected chi connectivity index (χ1v) is 6.25. The summed E-state index contributed by atoms with van der Waals surface area (Å²) in [5.41, 5.74) is 0.131. The normalized spacial score (nSPS) is 14.0. The molecule has 0 saturated carbocycles. The van der Waals surface area contributed by atoms with E-state index >= 15 is 0 Å². The molecule has 2 aromatic rings. The molecule has 8 heteroatoms. The number of aliphatic carboxylic acids is 1. The van der Waals surface area contributed by atoms with Crippen LogP contribution in [-0.2, 0) is 4.79 Å². The van der Waals surface area contributed by atoms with Crippen molar-refractivity contribution in [3.8, 4) is 11.4 Å². The van der Waals surface area contributed by atoms with E-state index in [-0.39, 0.29) is 11.4 Å². The van der Waals surface area contributed by atoms with Crippen molar-refractivity contribution in [2.75, 3.05) is 0 Å². The highest BCUT2D eigenvalue weighted by Crippen LogP contribution is 2.27. The highest BCUT2D eigenvalue weighted by molar-refractivity contribution is 6.30. The third-order valence-corrected chi connectivity index (χ3v) is 3.40. The highest BCUT2D eigenvalue weighted by Gasteiger charge is 2.26. The van der Waals surface area contributed by atoms with Gasteiger partial charge in [-0.15, -0.1) is 5.10 Å². The summed E-state index contributed by atoms with van der Waals surface area (Å²) in [5.74, 6) is -2.09. The van der Waals surface area contributed by atoms with E-state index in [0.29, 0.717) is 5.02 Å². The van der Waals surface area contributed by atoms with Crippen LogP contribution in [0.5, 0.6) is 0 Å². The van der Waals surface area contributed by atoms with Crippen LogP contribution in [0.15, 0.2) is 18.2 Å². The molecule has 2 unspecified atom stereocenters. The van der Waals surface area contributed by atoms with Gasteiger partial charge in [0.05, 0.1) is 17.5 Å². The summed E-state index contributed by atoms with van der Waals surface area (Å²) >= 11 is 5.84. The van der Waals surface area contributed by atoms with Crippen LogP contribution in [0.4, 0.5) is 4.39 Å². The molecule has 106 valence electrons. The lowest BCUT2D eigenvalue weighted by Gasteiger charge is -2.17. The fourth-order valence-corrected chi connectivity index (χ4v) is 1.90. The number of rotatable bonds is 4.